The Labute approximate surface area is 131 Å². The number of thiophene rings is 1. The van der Waals surface area contributed by atoms with Gasteiger partial charge in [-0.3, -0.25) is 0 Å². The first-order valence-corrected chi connectivity index (χ1v) is 8.86. The molecular formula is C18H24N2S. The predicted octanol–water partition coefficient (Wildman–Crippen LogP) is 4.59. The molecule has 3 heteroatoms. The summed E-state index contributed by atoms with van der Waals surface area (Å²) in [5.74, 6) is 0. The van der Waals surface area contributed by atoms with E-state index in [2.05, 4.69) is 58.9 Å². The van der Waals surface area contributed by atoms with E-state index in [1.807, 2.05) is 11.3 Å². The van der Waals surface area contributed by atoms with Crippen molar-refractivity contribution in [1.82, 2.24) is 5.32 Å². The summed E-state index contributed by atoms with van der Waals surface area (Å²) in [7, 11) is 0. The summed E-state index contributed by atoms with van der Waals surface area (Å²) in [6.45, 7) is 5.62. The largest absolute Gasteiger partial charge is 0.371 e. The van der Waals surface area contributed by atoms with Gasteiger partial charge in [0.25, 0.3) is 0 Å². The minimum absolute atomic E-state index is 0.469. The molecule has 0 aliphatic carbocycles. The standard InChI is InChI=1S/C18H24N2S/c1-2-16(18-10-7-13-21-18)19-14-15-8-3-4-9-17(15)20-11-5-6-12-20/h3-4,7-10,13,16,19H,2,5-6,11-12,14H2,1H3. The molecule has 112 valence electrons. The first kappa shape index (κ1) is 14.6. The fourth-order valence-electron chi connectivity index (χ4n) is 3.10. The molecule has 1 unspecified atom stereocenters. The van der Waals surface area contributed by atoms with Gasteiger partial charge in [-0.1, -0.05) is 31.2 Å². The second-order valence-electron chi connectivity index (χ2n) is 5.68. The van der Waals surface area contributed by atoms with Crippen LogP contribution in [0.1, 0.15) is 42.7 Å². The molecule has 1 fully saturated rings. The van der Waals surface area contributed by atoms with Crippen molar-refractivity contribution < 1.29 is 0 Å². The average molecular weight is 300 g/mol. The van der Waals surface area contributed by atoms with Crippen molar-refractivity contribution in [2.45, 2.75) is 38.8 Å². The number of hydrogen-bond donors (Lipinski definition) is 1. The zero-order chi connectivity index (χ0) is 14.5. The van der Waals surface area contributed by atoms with Crippen molar-refractivity contribution in [3.8, 4) is 0 Å². The van der Waals surface area contributed by atoms with Crippen LogP contribution < -0.4 is 10.2 Å². The third kappa shape index (κ3) is 3.47. The molecule has 2 aromatic rings. The Kier molecular flexibility index (Phi) is 4.94. The number of nitrogens with one attached hydrogen (secondary N) is 1. The van der Waals surface area contributed by atoms with Crippen LogP contribution >= 0.6 is 11.3 Å². The van der Waals surface area contributed by atoms with Crippen LogP contribution in [-0.2, 0) is 6.54 Å². The summed E-state index contributed by atoms with van der Waals surface area (Å²) in [4.78, 5) is 3.97. The number of hydrogen-bond acceptors (Lipinski definition) is 3. The summed E-state index contributed by atoms with van der Waals surface area (Å²) in [5, 5.41) is 5.90. The molecular weight excluding hydrogens is 276 g/mol. The Morgan fingerprint density at radius 2 is 1.95 bits per heavy atom. The number of benzene rings is 1. The monoisotopic (exact) mass is 300 g/mol. The van der Waals surface area contributed by atoms with Crippen LogP contribution in [0.5, 0.6) is 0 Å². The summed E-state index contributed by atoms with van der Waals surface area (Å²) in [6, 6.07) is 13.7. The van der Waals surface area contributed by atoms with Gasteiger partial charge in [0.1, 0.15) is 0 Å². The Hall–Kier alpha value is -1.32. The molecule has 3 rings (SSSR count). The maximum absolute atomic E-state index is 3.74. The van der Waals surface area contributed by atoms with E-state index in [0.29, 0.717) is 6.04 Å². The Morgan fingerprint density at radius 3 is 2.67 bits per heavy atom. The van der Waals surface area contributed by atoms with E-state index in [1.54, 1.807) is 0 Å². The highest BCUT2D eigenvalue weighted by Gasteiger charge is 2.16. The number of nitrogens with zero attached hydrogens (tertiary/aromatic N) is 1. The highest BCUT2D eigenvalue weighted by Crippen LogP contribution is 2.26. The maximum Gasteiger partial charge on any atom is 0.0414 e. The van der Waals surface area contributed by atoms with Gasteiger partial charge in [-0.05, 0) is 42.3 Å². The number of anilines is 1. The average Bonchev–Trinajstić information content (AvgIpc) is 3.22. The van der Waals surface area contributed by atoms with Crippen LogP contribution in [0.25, 0.3) is 0 Å². The van der Waals surface area contributed by atoms with Gasteiger partial charge in [0.15, 0.2) is 0 Å². The van der Waals surface area contributed by atoms with Crippen LogP contribution in [-0.4, -0.2) is 13.1 Å². The van der Waals surface area contributed by atoms with Crippen molar-refractivity contribution in [1.29, 1.82) is 0 Å². The lowest BCUT2D eigenvalue weighted by Crippen LogP contribution is -2.23. The predicted molar refractivity (Wildman–Crippen MR) is 92.1 cm³/mol. The first-order valence-electron chi connectivity index (χ1n) is 7.98. The lowest BCUT2D eigenvalue weighted by atomic mass is 10.1. The van der Waals surface area contributed by atoms with Crippen molar-refractivity contribution in [2.75, 3.05) is 18.0 Å². The molecule has 1 N–H and O–H groups in total. The maximum atomic E-state index is 3.74. The fourth-order valence-corrected chi connectivity index (χ4v) is 3.98. The fraction of sp³-hybridized carbons (Fsp3) is 0.444. The van der Waals surface area contributed by atoms with E-state index in [1.165, 1.54) is 42.1 Å². The van der Waals surface area contributed by atoms with Crippen LogP contribution in [0.15, 0.2) is 41.8 Å². The van der Waals surface area contributed by atoms with Crippen LogP contribution in [0.4, 0.5) is 5.69 Å². The van der Waals surface area contributed by atoms with Gasteiger partial charge in [-0.2, -0.15) is 0 Å². The summed E-state index contributed by atoms with van der Waals surface area (Å²) in [6.07, 6.45) is 3.79. The Morgan fingerprint density at radius 1 is 1.14 bits per heavy atom. The van der Waals surface area contributed by atoms with Crippen LogP contribution in [0.2, 0.25) is 0 Å². The third-order valence-corrected chi connectivity index (χ3v) is 5.26. The summed E-state index contributed by atoms with van der Waals surface area (Å²) < 4.78 is 0. The van der Waals surface area contributed by atoms with E-state index in [9.17, 15) is 0 Å². The van der Waals surface area contributed by atoms with Crippen molar-refractivity contribution in [3.63, 3.8) is 0 Å². The zero-order valence-corrected chi connectivity index (χ0v) is 13.5. The zero-order valence-electron chi connectivity index (χ0n) is 12.7. The summed E-state index contributed by atoms with van der Waals surface area (Å²) >= 11 is 1.85. The second kappa shape index (κ2) is 7.10. The molecule has 0 spiro atoms. The van der Waals surface area contributed by atoms with E-state index < -0.39 is 0 Å². The molecule has 0 amide bonds. The van der Waals surface area contributed by atoms with E-state index in [-0.39, 0.29) is 0 Å². The second-order valence-corrected chi connectivity index (χ2v) is 6.66. The van der Waals surface area contributed by atoms with E-state index in [4.69, 9.17) is 0 Å². The highest BCUT2D eigenvalue weighted by atomic mass is 32.1. The molecule has 0 radical (unpaired) electrons. The van der Waals surface area contributed by atoms with E-state index in [0.717, 1.165) is 13.0 Å². The number of para-hydroxylation sites is 1. The third-order valence-electron chi connectivity index (χ3n) is 4.27. The molecule has 1 saturated heterocycles. The van der Waals surface area contributed by atoms with Gasteiger partial charge in [-0.25, -0.2) is 0 Å². The molecule has 1 aromatic carbocycles. The van der Waals surface area contributed by atoms with Crippen molar-refractivity contribution in [2.24, 2.45) is 0 Å². The lowest BCUT2D eigenvalue weighted by Gasteiger charge is -2.23. The number of rotatable bonds is 6. The topological polar surface area (TPSA) is 15.3 Å². The minimum atomic E-state index is 0.469. The Bertz CT molecular complexity index is 544. The van der Waals surface area contributed by atoms with Gasteiger partial charge in [0, 0.05) is 36.2 Å². The highest BCUT2D eigenvalue weighted by molar-refractivity contribution is 7.10. The SMILES string of the molecule is CCC(NCc1ccccc1N1CCCC1)c1cccs1. The smallest absolute Gasteiger partial charge is 0.0414 e. The van der Waals surface area contributed by atoms with Crippen LogP contribution in [0.3, 0.4) is 0 Å². The quantitative estimate of drug-likeness (QED) is 0.839. The van der Waals surface area contributed by atoms with Gasteiger partial charge in [-0.15, -0.1) is 11.3 Å². The normalized spacial score (nSPS) is 16.3. The molecule has 0 bridgehead atoms. The van der Waals surface area contributed by atoms with Crippen molar-refractivity contribution >= 4 is 17.0 Å². The molecule has 2 heterocycles. The molecule has 0 saturated carbocycles. The van der Waals surface area contributed by atoms with Gasteiger partial charge in [0.05, 0.1) is 0 Å². The molecule has 1 atom stereocenters. The molecule has 1 aliphatic heterocycles. The van der Waals surface area contributed by atoms with Crippen LogP contribution in [0, 0.1) is 0 Å². The van der Waals surface area contributed by atoms with E-state index >= 15 is 0 Å². The first-order chi connectivity index (χ1) is 10.4. The Balaban J connectivity index is 1.70. The minimum Gasteiger partial charge on any atom is -0.371 e. The summed E-state index contributed by atoms with van der Waals surface area (Å²) in [5.41, 5.74) is 2.85. The molecule has 1 aromatic heterocycles. The molecule has 2 nitrogen and oxygen atoms in total. The molecule has 1 aliphatic rings. The van der Waals surface area contributed by atoms with Gasteiger partial charge >= 0.3 is 0 Å². The lowest BCUT2D eigenvalue weighted by molar-refractivity contribution is 0.526. The van der Waals surface area contributed by atoms with Gasteiger partial charge in [0.2, 0.25) is 0 Å². The van der Waals surface area contributed by atoms with Crippen molar-refractivity contribution in [3.05, 3.63) is 52.2 Å². The molecule has 21 heavy (non-hydrogen) atoms. The van der Waals surface area contributed by atoms with Gasteiger partial charge < -0.3 is 10.2 Å².